The standard InChI is InChI=1S/C22H16N2S2/c1-3-19(25-13-1)7-5-17-9-11-23-21(15-17)22-16-18(10-12-24-22)6-8-20-4-2-14-26-20/h1-16H. The van der Waals surface area contributed by atoms with E-state index in [1.54, 1.807) is 22.7 Å². The van der Waals surface area contributed by atoms with Crippen LogP contribution < -0.4 is 0 Å². The van der Waals surface area contributed by atoms with E-state index in [0.29, 0.717) is 0 Å². The Morgan fingerprint density at radius 3 is 1.54 bits per heavy atom. The number of hydrogen-bond donors (Lipinski definition) is 0. The first kappa shape index (κ1) is 16.6. The van der Waals surface area contributed by atoms with Crippen molar-refractivity contribution in [2.45, 2.75) is 0 Å². The molecule has 4 heterocycles. The van der Waals surface area contributed by atoms with Crippen molar-refractivity contribution in [3.63, 3.8) is 0 Å². The lowest BCUT2D eigenvalue weighted by atomic mass is 10.1. The van der Waals surface area contributed by atoms with E-state index in [1.165, 1.54) is 9.75 Å². The van der Waals surface area contributed by atoms with E-state index in [4.69, 9.17) is 0 Å². The van der Waals surface area contributed by atoms with E-state index in [1.807, 2.05) is 24.5 Å². The Labute approximate surface area is 160 Å². The van der Waals surface area contributed by atoms with E-state index in [0.717, 1.165) is 22.5 Å². The SMILES string of the molecule is C(=Cc1cccs1)c1ccnc(-c2cc(C=Cc3cccs3)ccn2)c1. The molecule has 2 nitrogen and oxygen atoms in total. The smallest absolute Gasteiger partial charge is 0.0892 e. The largest absolute Gasteiger partial charge is 0.255 e. The summed E-state index contributed by atoms with van der Waals surface area (Å²) in [5.41, 5.74) is 3.99. The van der Waals surface area contributed by atoms with Gasteiger partial charge in [-0.25, -0.2) is 0 Å². The van der Waals surface area contributed by atoms with Crippen LogP contribution in [0.1, 0.15) is 20.9 Å². The number of pyridine rings is 2. The third-order valence-corrected chi connectivity index (χ3v) is 5.47. The second-order valence-electron chi connectivity index (χ2n) is 5.65. The minimum absolute atomic E-state index is 0.879. The van der Waals surface area contributed by atoms with Crippen molar-refractivity contribution in [2.24, 2.45) is 0 Å². The molecule has 4 aromatic heterocycles. The molecule has 0 radical (unpaired) electrons. The second-order valence-corrected chi connectivity index (χ2v) is 7.60. The molecular weight excluding hydrogens is 356 g/mol. The molecule has 0 atom stereocenters. The van der Waals surface area contributed by atoms with Gasteiger partial charge < -0.3 is 0 Å². The fourth-order valence-electron chi connectivity index (χ4n) is 2.51. The van der Waals surface area contributed by atoms with Gasteiger partial charge >= 0.3 is 0 Å². The van der Waals surface area contributed by atoms with Gasteiger partial charge in [-0.3, -0.25) is 9.97 Å². The zero-order valence-corrected chi connectivity index (χ0v) is 15.6. The van der Waals surface area contributed by atoms with Crippen molar-refractivity contribution >= 4 is 47.0 Å². The van der Waals surface area contributed by atoms with Crippen LogP contribution in [0.4, 0.5) is 0 Å². The van der Waals surface area contributed by atoms with E-state index in [2.05, 4.69) is 81.4 Å². The minimum atomic E-state index is 0.879. The minimum Gasteiger partial charge on any atom is -0.255 e. The summed E-state index contributed by atoms with van der Waals surface area (Å²) in [7, 11) is 0. The van der Waals surface area contributed by atoms with Crippen LogP contribution in [0, 0.1) is 0 Å². The van der Waals surface area contributed by atoms with Crippen LogP contribution in [0.15, 0.2) is 71.7 Å². The molecule has 0 aromatic carbocycles. The predicted octanol–water partition coefficient (Wildman–Crippen LogP) is 6.61. The number of nitrogens with zero attached hydrogens (tertiary/aromatic N) is 2. The zero-order chi connectivity index (χ0) is 17.6. The average Bonchev–Trinajstić information content (AvgIpc) is 3.39. The average molecular weight is 373 g/mol. The third kappa shape index (κ3) is 4.23. The maximum atomic E-state index is 4.49. The molecule has 126 valence electrons. The van der Waals surface area contributed by atoms with Crippen molar-refractivity contribution in [3.8, 4) is 11.4 Å². The summed E-state index contributed by atoms with van der Waals surface area (Å²) in [6, 6.07) is 16.5. The highest BCUT2D eigenvalue weighted by Gasteiger charge is 2.02. The van der Waals surface area contributed by atoms with Crippen LogP contribution >= 0.6 is 22.7 Å². The summed E-state index contributed by atoms with van der Waals surface area (Å²) < 4.78 is 0. The first-order valence-corrected chi connectivity index (χ1v) is 9.98. The van der Waals surface area contributed by atoms with Crippen molar-refractivity contribution in [1.29, 1.82) is 0 Å². The van der Waals surface area contributed by atoms with Crippen LogP contribution in [-0.2, 0) is 0 Å². The summed E-state index contributed by atoms with van der Waals surface area (Å²) in [5, 5.41) is 4.16. The van der Waals surface area contributed by atoms with Crippen molar-refractivity contribution in [2.75, 3.05) is 0 Å². The lowest BCUT2D eigenvalue weighted by Crippen LogP contribution is -1.88. The Kier molecular flexibility index (Phi) is 5.14. The summed E-state index contributed by atoms with van der Waals surface area (Å²) in [5.74, 6) is 0. The summed E-state index contributed by atoms with van der Waals surface area (Å²) in [4.78, 5) is 11.5. The van der Waals surface area contributed by atoms with Gasteiger partial charge in [0, 0.05) is 22.1 Å². The molecule has 0 N–H and O–H groups in total. The van der Waals surface area contributed by atoms with Crippen LogP contribution in [0.2, 0.25) is 0 Å². The fraction of sp³-hybridized carbons (Fsp3) is 0. The van der Waals surface area contributed by atoms with Crippen LogP contribution in [-0.4, -0.2) is 9.97 Å². The van der Waals surface area contributed by atoms with Gasteiger partial charge in [-0.1, -0.05) is 24.3 Å². The predicted molar refractivity (Wildman–Crippen MR) is 114 cm³/mol. The lowest BCUT2D eigenvalue weighted by Gasteiger charge is -2.02. The van der Waals surface area contributed by atoms with Crippen molar-refractivity contribution in [3.05, 3.63) is 92.6 Å². The highest BCUT2D eigenvalue weighted by atomic mass is 32.1. The van der Waals surface area contributed by atoms with Crippen molar-refractivity contribution < 1.29 is 0 Å². The molecule has 0 spiro atoms. The summed E-state index contributed by atoms with van der Waals surface area (Å²) >= 11 is 3.45. The lowest BCUT2D eigenvalue weighted by molar-refractivity contribution is 1.24. The molecule has 26 heavy (non-hydrogen) atoms. The number of rotatable bonds is 5. The highest BCUT2D eigenvalue weighted by Crippen LogP contribution is 2.20. The number of hydrogen-bond acceptors (Lipinski definition) is 4. The molecule has 0 saturated carbocycles. The van der Waals surface area contributed by atoms with Crippen LogP contribution in [0.3, 0.4) is 0 Å². The van der Waals surface area contributed by atoms with Gasteiger partial charge in [-0.2, -0.15) is 0 Å². The zero-order valence-electron chi connectivity index (χ0n) is 13.9. The van der Waals surface area contributed by atoms with Crippen LogP contribution in [0.5, 0.6) is 0 Å². The van der Waals surface area contributed by atoms with Gasteiger partial charge in [0.25, 0.3) is 0 Å². The molecule has 0 aliphatic heterocycles. The molecule has 0 aliphatic rings. The first-order valence-electron chi connectivity index (χ1n) is 8.22. The van der Waals surface area contributed by atoms with Gasteiger partial charge in [0.05, 0.1) is 11.4 Å². The quantitative estimate of drug-likeness (QED) is 0.394. The monoisotopic (exact) mass is 372 g/mol. The molecular formula is C22H16N2S2. The normalized spacial score (nSPS) is 11.5. The van der Waals surface area contributed by atoms with Crippen LogP contribution in [0.25, 0.3) is 35.7 Å². The molecule has 4 rings (SSSR count). The molecule has 0 saturated heterocycles. The van der Waals surface area contributed by atoms with E-state index < -0.39 is 0 Å². The molecule has 0 amide bonds. The van der Waals surface area contributed by atoms with Gasteiger partial charge in [0.2, 0.25) is 0 Å². The Morgan fingerprint density at radius 1 is 0.615 bits per heavy atom. The topological polar surface area (TPSA) is 25.8 Å². The van der Waals surface area contributed by atoms with E-state index in [9.17, 15) is 0 Å². The summed E-state index contributed by atoms with van der Waals surface area (Å²) in [6.07, 6.45) is 12.1. The molecule has 0 fully saturated rings. The second kappa shape index (κ2) is 8.04. The molecule has 0 unspecified atom stereocenters. The maximum absolute atomic E-state index is 4.49. The van der Waals surface area contributed by atoms with Crippen molar-refractivity contribution in [1.82, 2.24) is 9.97 Å². The Bertz CT molecular complexity index is 944. The first-order chi connectivity index (χ1) is 12.9. The third-order valence-electron chi connectivity index (χ3n) is 3.80. The Balaban J connectivity index is 1.57. The van der Waals surface area contributed by atoms with Gasteiger partial charge in [-0.05, 0) is 70.4 Å². The molecule has 4 aromatic rings. The van der Waals surface area contributed by atoms with E-state index >= 15 is 0 Å². The van der Waals surface area contributed by atoms with Gasteiger partial charge in [0.1, 0.15) is 0 Å². The number of aromatic nitrogens is 2. The van der Waals surface area contributed by atoms with E-state index in [-0.39, 0.29) is 0 Å². The fourth-order valence-corrected chi connectivity index (χ4v) is 3.75. The molecule has 0 bridgehead atoms. The maximum Gasteiger partial charge on any atom is 0.0892 e. The molecule has 4 heteroatoms. The van der Waals surface area contributed by atoms with Gasteiger partial charge in [-0.15, -0.1) is 22.7 Å². The highest BCUT2D eigenvalue weighted by molar-refractivity contribution is 7.11. The number of thiophene rings is 2. The Hall–Kier alpha value is -2.82. The van der Waals surface area contributed by atoms with Gasteiger partial charge in [0.15, 0.2) is 0 Å². The Morgan fingerprint density at radius 2 is 1.12 bits per heavy atom. The summed E-state index contributed by atoms with van der Waals surface area (Å²) in [6.45, 7) is 0. The molecule has 0 aliphatic carbocycles.